The van der Waals surface area contributed by atoms with Crippen LogP contribution in [0.3, 0.4) is 0 Å². The van der Waals surface area contributed by atoms with E-state index >= 15 is 0 Å². The highest BCUT2D eigenvalue weighted by Crippen LogP contribution is 2.26. The van der Waals surface area contributed by atoms with Crippen LogP contribution in [-0.4, -0.2) is 21.1 Å². The number of Topliss-reactive ketones (excluding diaryl/α,β-unsaturated/α-hetero) is 2. The minimum atomic E-state index is -0.0792. The summed E-state index contributed by atoms with van der Waals surface area (Å²) in [6.07, 6.45) is 5.51. The Hall–Kier alpha value is -2.23. The molecule has 0 unspecified atom stereocenters. The van der Waals surface area contributed by atoms with E-state index in [0.29, 0.717) is 25.1 Å². The molecule has 0 aliphatic carbocycles. The molecule has 0 N–H and O–H groups in total. The van der Waals surface area contributed by atoms with Crippen molar-refractivity contribution in [2.24, 2.45) is 7.05 Å². The maximum absolute atomic E-state index is 12.5. The van der Waals surface area contributed by atoms with E-state index in [1.54, 1.807) is 24.0 Å². The first-order chi connectivity index (χ1) is 10.6. The van der Waals surface area contributed by atoms with E-state index in [4.69, 9.17) is 0 Å². The van der Waals surface area contributed by atoms with E-state index in [9.17, 15) is 9.59 Å². The van der Waals surface area contributed by atoms with E-state index in [-0.39, 0.29) is 17.5 Å². The molecule has 0 aliphatic rings. The van der Waals surface area contributed by atoms with Crippen molar-refractivity contribution < 1.29 is 9.59 Å². The van der Waals surface area contributed by atoms with Crippen LogP contribution in [0.25, 0.3) is 0 Å². The van der Waals surface area contributed by atoms with Gasteiger partial charge >= 0.3 is 0 Å². The van der Waals surface area contributed by atoms with Crippen LogP contribution in [0.5, 0.6) is 0 Å². The zero-order chi connectivity index (χ0) is 15.9. The Bertz CT molecular complexity index is 632. The van der Waals surface area contributed by atoms with Gasteiger partial charge in [-0.1, -0.05) is 37.3 Å². The van der Waals surface area contributed by atoms with Gasteiger partial charge in [0.15, 0.2) is 11.6 Å². The molecule has 4 heteroatoms. The summed E-state index contributed by atoms with van der Waals surface area (Å²) in [5.74, 6) is 0.558. The van der Waals surface area contributed by atoms with E-state index in [1.165, 1.54) is 0 Å². The average Bonchev–Trinajstić information content (AvgIpc) is 2.94. The fourth-order valence-electron chi connectivity index (χ4n) is 2.64. The number of ketones is 2. The Morgan fingerprint density at radius 2 is 1.91 bits per heavy atom. The molecule has 2 rings (SSSR count). The lowest BCUT2D eigenvalue weighted by Crippen LogP contribution is -2.15. The third-order valence-electron chi connectivity index (χ3n) is 3.78. The Morgan fingerprint density at radius 3 is 2.50 bits per heavy atom. The molecule has 0 spiro atoms. The topological polar surface area (TPSA) is 52.0 Å². The molecule has 1 aromatic carbocycles. The molecule has 1 atom stereocenters. The number of imidazole rings is 1. The molecule has 1 aromatic heterocycles. The van der Waals surface area contributed by atoms with Gasteiger partial charge in [0.25, 0.3) is 0 Å². The van der Waals surface area contributed by atoms with Crippen LogP contribution in [0.4, 0.5) is 0 Å². The molecule has 22 heavy (non-hydrogen) atoms. The summed E-state index contributed by atoms with van der Waals surface area (Å²) in [5, 5.41) is 0. The molecule has 116 valence electrons. The second-order valence-corrected chi connectivity index (χ2v) is 5.59. The number of rotatable bonds is 8. The van der Waals surface area contributed by atoms with Gasteiger partial charge < -0.3 is 4.57 Å². The first-order valence-electron chi connectivity index (χ1n) is 7.69. The molecule has 0 bridgehead atoms. The highest BCUT2D eigenvalue weighted by molar-refractivity contribution is 5.94. The van der Waals surface area contributed by atoms with Crippen LogP contribution < -0.4 is 0 Å². The maximum atomic E-state index is 12.5. The van der Waals surface area contributed by atoms with Crippen molar-refractivity contribution in [3.63, 3.8) is 0 Å². The summed E-state index contributed by atoms with van der Waals surface area (Å²) in [5.41, 5.74) is 1.04. The van der Waals surface area contributed by atoms with Crippen molar-refractivity contribution in [2.75, 3.05) is 0 Å². The number of carbonyl (C=O) groups excluding carboxylic acids is 2. The second-order valence-electron chi connectivity index (χ2n) is 5.59. The number of aryl methyl sites for hydroxylation is 1. The van der Waals surface area contributed by atoms with E-state index < -0.39 is 0 Å². The normalized spacial score (nSPS) is 12.1. The molecular weight excluding hydrogens is 276 g/mol. The summed E-state index contributed by atoms with van der Waals surface area (Å²) in [7, 11) is 1.81. The Balaban J connectivity index is 2.16. The van der Waals surface area contributed by atoms with E-state index in [1.807, 2.05) is 37.3 Å². The van der Waals surface area contributed by atoms with E-state index in [0.717, 1.165) is 12.0 Å². The molecule has 0 radical (unpaired) electrons. The van der Waals surface area contributed by atoms with Gasteiger partial charge in [0.1, 0.15) is 5.78 Å². The summed E-state index contributed by atoms with van der Waals surface area (Å²) < 4.78 is 1.72. The summed E-state index contributed by atoms with van der Waals surface area (Å²) >= 11 is 0. The van der Waals surface area contributed by atoms with Gasteiger partial charge in [-0.15, -0.1) is 0 Å². The summed E-state index contributed by atoms with van der Waals surface area (Å²) in [6.45, 7) is 1.99. The summed E-state index contributed by atoms with van der Waals surface area (Å²) in [4.78, 5) is 28.6. The molecule has 0 aliphatic heterocycles. The van der Waals surface area contributed by atoms with Gasteiger partial charge in [-0.2, -0.15) is 0 Å². The lowest BCUT2D eigenvalue weighted by atomic mass is 9.88. The lowest BCUT2D eigenvalue weighted by Gasteiger charge is -2.16. The van der Waals surface area contributed by atoms with Crippen molar-refractivity contribution in [3.05, 3.63) is 54.1 Å². The highest BCUT2D eigenvalue weighted by atomic mass is 16.1. The van der Waals surface area contributed by atoms with E-state index in [2.05, 4.69) is 4.98 Å². The number of aromatic nitrogens is 2. The quantitative estimate of drug-likeness (QED) is 0.700. The maximum Gasteiger partial charge on any atom is 0.198 e. The standard InChI is InChI=1S/C18H22N2O2/c1-3-7-16(21)12-15(14-8-5-4-6-9-14)13-17(22)18-19-10-11-20(18)2/h4-6,8-11,15H,3,7,12-13H2,1-2H3/t15-/m1/s1. The molecule has 4 nitrogen and oxygen atoms in total. The predicted molar refractivity (Wildman–Crippen MR) is 85.9 cm³/mol. The second kappa shape index (κ2) is 7.69. The van der Waals surface area contributed by atoms with Gasteiger partial charge in [-0.3, -0.25) is 9.59 Å². The SMILES string of the molecule is CCCC(=O)C[C@H](CC(=O)c1nccn1C)c1ccccc1. The zero-order valence-corrected chi connectivity index (χ0v) is 13.2. The first kappa shape index (κ1) is 16.1. The molecule has 1 heterocycles. The smallest absolute Gasteiger partial charge is 0.198 e. The predicted octanol–water partition coefficient (Wildman–Crippen LogP) is 3.54. The van der Waals surface area contributed by atoms with Crippen molar-refractivity contribution in [3.8, 4) is 0 Å². The molecule has 0 fully saturated rings. The van der Waals surface area contributed by atoms with Crippen molar-refractivity contribution >= 4 is 11.6 Å². The van der Waals surface area contributed by atoms with Crippen molar-refractivity contribution in [1.29, 1.82) is 0 Å². The van der Waals surface area contributed by atoms with Gasteiger partial charge in [0.2, 0.25) is 0 Å². The minimum absolute atomic E-state index is 0.0225. The van der Waals surface area contributed by atoms with Crippen molar-refractivity contribution in [1.82, 2.24) is 9.55 Å². The number of hydrogen-bond donors (Lipinski definition) is 0. The monoisotopic (exact) mass is 298 g/mol. The van der Waals surface area contributed by atoms with Crippen LogP contribution in [0.2, 0.25) is 0 Å². The third kappa shape index (κ3) is 4.13. The first-order valence-corrected chi connectivity index (χ1v) is 7.69. The van der Waals surface area contributed by atoms with Crippen LogP contribution >= 0.6 is 0 Å². The van der Waals surface area contributed by atoms with Crippen LogP contribution in [-0.2, 0) is 11.8 Å². The third-order valence-corrected chi connectivity index (χ3v) is 3.78. The van der Waals surface area contributed by atoms with Gasteiger partial charge in [-0.05, 0) is 17.9 Å². The van der Waals surface area contributed by atoms with Gasteiger partial charge in [0.05, 0.1) is 0 Å². The lowest BCUT2D eigenvalue weighted by molar-refractivity contribution is -0.119. The highest BCUT2D eigenvalue weighted by Gasteiger charge is 2.21. The van der Waals surface area contributed by atoms with Crippen LogP contribution in [0.1, 0.15) is 54.7 Å². The molecular formula is C18H22N2O2. The fraction of sp³-hybridized carbons (Fsp3) is 0.389. The zero-order valence-electron chi connectivity index (χ0n) is 13.2. The number of carbonyl (C=O) groups is 2. The fourth-order valence-corrected chi connectivity index (χ4v) is 2.64. The minimum Gasteiger partial charge on any atom is -0.332 e. The number of benzene rings is 1. The van der Waals surface area contributed by atoms with Gasteiger partial charge in [0, 0.05) is 38.7 Å². The summed E-state index contributed by atoms with van der Waals surface area (Å²) in [6, 6.07) is 9.79. The molecule has 0 saturated heterocycles. The largest absolute Gasteiger partial charge is 0.332 e. The van der Waals surface area contributed by atoms with Crippen molar-refractivity contribution in [2.45, 2.75) is 38.5 Å². The Labute approximate surface area is 131 Å². The average molecular weight is 298 g/mol. The van der Waals surface area contributed by atoms with Gasteiger partial charge in [-0.25, -0.2) is 4.98 Å². The Morgan fingerprint density at radius 1 is 1.18 bits per heavy atom. The number of hydrogen-bond acceptors (Lipinski definition) is 3. The Kier molecular flexibility index (Phi) is 5.64. The van der Waals surface area contributed by atoms with Crippen LogP contribution in [0, 0.1) is 0 Å². The molecule has 0 amide bonds. The molecule has 0 saturated carbocycles. The number of nitrogens with zero attached hydrogens (tertiary/aromatic N) is 2. The van der Waals surface area contributed by atoms with Crippen LogP contribution in [0.15, 0.2) is 42.7 Å². The molecule has 2 aromatic rings.